The molecule has 0 radical (unpaired) electrons. The zero-order chi connectivity index (χ0) is 20.9. The molecule has 1 aliphatic heterocycles. The van der Waals surface area contributed by atoms with Crippen LogP contribution in [0.15, 0.2) is 4.99 Å². The number of hydrogen-bond donors (Lipinski definition) is 2. The number of carbonyl (C=O) groups is 1. The zero-order valence-electron chi connectivity index (χ0n) is 19.6. The lowest BCUT2D eigenvalue weighted by atomic mass is 9.75. The fraction of sp³-hybridized carbons (Fsp3) is 0.913. The van der Waals surface area contributed by atoms with Crippen LogP contribution >= 0.6 is 24.0 Å². The van der Waals surface area contributed by atoms with E-state index in [-0.39, 0.29) is 35.4 Å². The Morgan fingerprint density at radius 1 is 1.17 bits per heavy atom. The summed E-state index contributed by atoms with van der Waals surface area (Å²) in [5.74, 6) is 2.34. The summed E-state index contributed by atoms with van der Waals surface area (Å²) >= 11 is 0. The molecule has 3 fully saturated rings. The predicted molar refractivity (Wildman–Crippen MR) is 136 cm³/mol. The number of carbonyl (C=O) groups excluding carboxylic acids is 1. The third-order valence-electron chi connectivity index (χ3n) is 7.44. The van der Waals surface area contributed by atoms with Gasteiger partial charge >= 0.3 is 0 Å². The molecule has 0 aromatic heterocycles. The predicted octanol–water partition coefficient (Wildman–Crippen LogP) is 3.46. The van der Waals surface area contributed by atoms with Gasteiger partial charge in [0, 0.05) is 37.1 Å². The highest BCUT2D eigenvalue weighted by Gasteiger charge is 2.37. The van der Waals surface area contributed by atoms with Crippen LogP contribution in [-0.4, -0.2) is 73.5 Å². The van der Waals surface area contributed by atoms with Crippen LogP contribution in [0.3, 0.4) is 0 Å². The Kier molecular flexibility index (Phi) is 10.2. The number of likely N-dealkylation sites (tertiary alicyclic amines) is 1. The summed E-state index contributed by atoms with van der Waals surface area (Å²) in [6.45, 7) is 7.87. The topological polar surface area (TPSA) is 60.0 Å². The molecule has 3 aliphatic rings. The molecule has 0 aromatic carbocycles. The third-order valence-corrected chi connectivity index (χ3v) is 7.44. The van der Waals surface area contributed by atoms with Gasteiger partial charge in [-0.3, -0.25) is 9.79 Å². The van der Waals surface area contributed by atoms with E-state index in [1.54, 1.807) is 0 Å². The van der Waals surface area contributed by atoms with Crippen molar-refractivity contribution in [3.63, 3.8) is 0 Å². The van der Waals surface area contributed by atoms with Crippen LogP contribution in [0.25, 0.3) is 0 Å². The van der Waals surface area contributed by atoms with Crippen LogP contribution in [0, 0.1) is 11.8 Å². The van der Waals surface area contributed by atoms with Crippen LogP contribution in [0.4, 0.5) is 0 Å². The highest BCUT2D eigenvalue weighted by molar-refractivity contribution is 14.0. The normalized spacial score (nSPS) is 30.4. The van der Waals surface area contributed by atoms with Gasteiger partial charge in [0.15, 0.2) is 5.96 Å². The van der Waals surface area contributed by atoms with E-state index in [0.29, 0.717) is 11.9 Å². The number of hydrogen-bond acceptors (Lipinski definition) is 3. The summed E-state index contributed by atoms with van der Waals surface area (Å²) in [5, 5.41) is 7.06. The van der Waals surface area contributed by atoms with Crippen molar-refractivity contribution >= 4 is 35.8 Å². The van der Waals surface area contributed by atoms with Gasteiger partial charge in [0.2, 0.25) is 5.91 Å². The Hall–Kier alpha value is -0.570. The molecule has 2 aliphatic carbocycles. The van der Waals surface area contributed by atoms with Gasteiger partial charge in [-0.2, -0.15) is 0 Å². The Morgan fingerprint density at radius 3 is 2.53 bits per heavy atom. The molecule has 1 heterocycles. The molecule has 0 bridgehead atoms. The maximum Gasteiger partial charge on any atom is 0.225 e. The van der Waals surface area contributed by atoms with Crippen LogP contribution in [-0.2, 0) is 4.79 Å². The standard InChI is InChI=1S/C23H43N5O.HI/c1-5-24-22(25-17-23(27(3)4)13-8-9-18(2)15-23)26-20-12-14-28(16-20)21(29)19-10-6-7-11-19;/h18-20H,5-17H2,1-4H3,(H2,24,25,26);1H. The van der Waals surface area contributed by atoms with Crippen LogP contribution in [0.5, 0.6) is 0 Å². The SMILES string of the molecule is CCNC(=NCC1(N(C)C)CCCC(C)C1)NC1CCN(C(=O)C2CCCC2)C1.I. The summed E-state index contributed by atoms with van der Waals surface area (Å²) in [5.41, 5.74) is 0.167. The van der Waals surface area contributed by atoms with Gasteiger partial charge in [0.25, 0.3) is 0 Å². The Balaban J connectivity index is 0.00000320. The van der Waals surface area contributed by atoms with E-state index in [9.17, 15) is 4.79 Å². The quantitative estimate of drug-likeness (QED) is 0.312. The number of rotatable bonds is 6. The van der Waals surface area contributed by atoms with Crippen molar-refractivity contribution < 1.29 is 4.79 Å². The van der Waals surface area contributed by atoms with Crippen molar-refractivity contribution in [2.24, 2.45) is 16.8 Å². The van der Waals surface area contributed by atoms with E-state index in [1.165, 1.54) is 38.5 Å². The van der Waals surface area contributed by atoms with Crippen molar-refractivity contribution in [1.29, 1.82) is 0 Å². The van der Waals surface area contributed by atoms with Gasteiger partial charge < -0.3 is 20.4 Å². The fourth-order valence-corrected chi connectivity index (χ4v) is 5.57. The molecule has 3 unspecified atom stereocenters. The van der Waals surface area contributed by atoms with Crippen molar-refractivity contribution in [2.75, 3.05) is 40.3 Å². The van der Waals surface area contributed by atoms with Gasteiger partial charge in [0.1, 0.15) is 0 Å². The summed E-state index contributed by atoms with van der Waals surface area (Å²) in [7, 11) is 4.41. The van der Waals surface area contributed by atoms with Gasteiger partial charge in [-0.15, -0.1) is 24.0 Å². The first-order chi connectivity index (χ1) is 13.9. The molecule has 0 spiro atoms. The Bertz CT molecular complexity index is 578. The number of halogens is 1. The molecule has 6 nitrogen and oxygen atoms in total. The number of aliphatic imine (C=N–C) groups is 1. The van der Waals surface area contributed by atoms with E-state index in [2.05, 4.69) is 48.4 Å². The average molecular weight is 534 g/mol. The van der Waals surface area contributed by atoms with Gasteiger partial charge in [-0.25, -0.2) is 0 Å². The number of amides is 1. The van der Waals surface area contributed by atoms with E-state index in [0.717, 1.165) is 57.3 Å². The molecular weight excluding hydrogens is 489 g/mol. The lowest BCUT2D eigenvalue weighted by Gasteiger charge is -2.44. The van der Waals surface area contributed by atoms with Gasteiger partial charge in [-0.05, 0) is 59.0 Å². The average Bonchev–Trinajstić information content (AvgIpc) is 3.38. The molecule has 30 heavy (non-hydrogen) atoms. The number of guanidine groups is 1. The Labute approximate surface area is 201 Å². The summed E-state index contributed by atoms with van der Waals surface area (Å²) in [4.78, 5) is 22.2. The second kappa shape index (κ2) is 11.9. The largest absolute Gasteiger partial charge is 0.357 e. The maximum absolute atomic E-state index is 12.7. The molecule has 3 rings (SSSR count). The van der Waals surface area contributed by atoms with Gasteiger partial charge in [-0.1, -0.05) is 32.6 Å². The third kappa shape index (κ3) is 6.47. The second-order valence-electron chi connectivity index (χ2n) is 9.91. The van der Waals surface area contributed by atoms with Crippen molar-refractivity contribution in [3.05, 3.63) is 0 Å². The maximum atomic E-state index is 12.7. The van der Waals surface area contributed by atoms with Crippen LogP contribution in [0.2, 0.25) is 0 Å². The lowest BCUT2D eigenvalue weighted by molar-refractivity contribution is -0.134. The zero-order valence-corrected chi connectivity index (χ0v) is 21.9. The van der Waals surface area contributed by atoms with E-state index in [1.807, 2.05) is 0 Å². The smallest absolute Gasteiger partial charge is 0.225 e. The van der Waals surface area contributed by atoms with E-state index in [4.69, 9.17) is 4.99 Å². The first kappa shape index (κ1) is 25.7. The molecule has 3 atom stereocenters. The van der Waals surface area contributed by atoms with Crippen LogP contribution in [0.1, 0.15) is 71.6 Å². The summed E-state index contributed by atoms with van der Waals surface area (Å²) in [6, 6.07) is 0.304. The first-order valence-electron chi connectivity index (χ1n) is 11.9. The molecule has 2 N–H and O–H groups in total. The summed E-state index contributed by atoms with van der Waals surface area (Å²) in [6.07, 6.45) is 10.7. The number of nitrogens with one attached hydrogen (secondary N) is 2. The van der Waals surface area contributed by atoms with Crippen molar-refractivity contribution in [3.8, 4) is 0 Å². The molecule has 0 aromatic rings. The van der Waals surface area contributed by atoms with Crippen molar-refractivity contribution in [1.82, 2.24) is 20.4 Å². The molecular formula is C23H44IN5O. The van der Waals surface area contributed by atoms with Gasteiger partial charge in [0.05, 0.1) is 6.54 Å². The molecule has 7 heteroatoms. The van der Waals surface area contributed by atoms with Crippen molar-refractivity contribution in [2.45, 2.75) is 83.2 Å². The number of nitrogens with zero attached hydrogens (tertiary/aromatic N) is 3. The highest BCUT2D eigenvalue weighted by Crippen LogP contribution is 2.36. The minimum atomic E-state index is 0. The monoisotopic (exact) mass is 533 g/mol. The molecule has 1 saturated heterocycles. The molecule has 174 valence electrons. The van der Waals surface area contributed by atoms with Crippen LogP contribution < -0.4 is 10.6 Å². The van der Waals surface area contributed by atoms with E-state index < -0.39 is 0 Å². The minimum Gasteiger partial charge on any atom is -0.357 e. The summed E-state index contributed by atoms with van der Waals surface area (Å²) < 4.78 is 0. The highest BCUT2D eigenvalue weighted by atomic mass is 127. The first-order valence-corrected chi connectivity index (χ1v) is 11.9. The molecule has 2 saturated carbocycles. The van der Waals surface area contributed by atoms with E-state index >= 15 is 0 Å². The second-order valence-corrected chi connectivity index (χ2v) is 9.91. The number of likely N-dealkylation sites (N-methyl/N-ethyl adjacent to an activating group) is 1. The lowest BCUT2D eigenvalue weighted by Crippen LogP contribution is -2.51. The Morgan fingerprint density at radius 2 is 1.90 bits per heavy atom. The minimum absolute atomic E-state index is 0. The fourth-order valence-electron chi connectivity index (χ4n) is 5.57. The molecule has 1 amide bonds.